The minimum atomic E-state index is -0.517. The van der Waals surface area contributed by atoms with Crippen molar-refractivity contribution in [3.05, 3.63) is 48.4 Å². The molecular weight excluding hydrogens is 276 g/mol. The molecule has 0 radical (unpaired) electrons. The number of nitrogens with zero attached hydrogens (tertiary/aromatic N) is 2. The Balaban J connectivity index is 2.71. The van der Waals surface area contributed by atoms with E-state index < -0.39 is 5.92 Å². The van der Waals surface area contributed by atoms with Crippen LogP contribution in [0.5, 0.6) is 0 Å². The van der Waals surface area contributed by atoms with Gasteiger partial charge in [0.05, 0.1) is 5.92 Å². The zero-order valence-corrected chi connectivity index (χ0v) is 14.0. The minimum absolute atomic E-state index is 0.0269. The van der Waals surface area contributed by atoms with Crippen LogP contribution in [0.3, 0.4) is 0 Å². The van der Waals surface area contributed by atoms with Crippen molar-refractivity contribution in [1.29, 1.82) is 0 Å². The van der Waals surface area contributed by atoms with Crippen molar-refractivity contribution >= 4 is 11.6 Å². The summed E-state index contributed by atoms with van der Waals surface area (Å²) in [5.41, 5.74) is 0.750. The van der Waals surface area contributed by atoms with E-state index >= 15 is 0 Å². The Morgan fingerprint density at radius 1 is 1.05 bits per heavy atom. The molecule has 0 bridgehead atoms. The van der Waals surface area contributed by atoms with Gasteiger partial charge in [0.2, 0.25) is 0 Å². The van der Waals surface area contributed by atoms with E-state index in [0.717, 1.165) is 18.4 Å². The van der Waals surface area contributed by atoms with E-state index in [-0.39, 0.29) is 11.6 Å². The van der Waals surface area contributed by atoms with Crippen LogP contribution < -0.4 is 0 Å². The monoisotopic (exact) mass is 302 g/mol. The third-order valence-electron chi connectivity index (χ3n) is 3.35. The molecule has 1 aliphatic carbocycles. The molecule has 0 aromatic heterocycles. The molecule has 4 heteroatoms. The number of Topliss-reactive ketones (excluding diaryl/α,β-unsaturated/α-hetero) is 1. The van der Waals surface area contributed by atoms with Crippen LogP contribution in [-0.2, 0) is 9.59 Å². The number of carbonyl (C=O) groups excluding carboxylic acids is 2. The summed E-state index contributed by atoms with van der Waals surface area (Å²) >= 11 is 0. The van der Waals surface area contributed by atoms with Crippen LogP contribution in [-0.4, -0.2) is 49.6 Å². The Kier molecular flexibility index (Phi) is 7.37. The number of carbonyl (C=O) groups is 2. The van der Waals surface area contributed by atoms with Crippen molar-refractivity contribution in [1.82, 2.24) is 9.80 Å². The molecule has 22 heavy (non-hydrogen) atoms. The number of ketones is 2. The Morgan fingerprint density at radius 2 is 1.68 bits per heavy atom. The lowest BCUT2D eigenvalue weighted by molar-refractivity contribution is -0.129. The first-order chi connectivity index (χ1) is 10.4. The van der Waals surface area contributed by atoms with E-state index in [4.69, 9.17) is 0 Å². The predicted octanol–water partition coefficient (Wildman–Crippen LogP) is 2.56. The van der Waals surface area contributed by atoms with Gasteiger partial charge >= 0.3 is 0 Å². The predicted molar refractivity (Wildman–Crippen MR) is 90.2 cm³/mol. The molecule has 1 saturated carbocycles. The van der Waals surface area contributed by atoms with E-state index in [1.165, 1.54) is 6.08 Å². The van der Waals surface area contributed by atoms with Crippen molar-refractivity contribution in [2.45, 2.75) is 19.3 Å². The van der Waals surface area contributed by atoms with E-state index in [1.54, 1.807) is 12.2 Å². The highest BCUT2D eigenvalue weighted by molar-refractivity contribution is 6.14. The average molecular weight is 302 g/mol. The molecule has 1 unspecified atom stereocenters. The molecule has 0 aliphatic heterocycles. The number of hydrogen-bond donors (Lipinski definition) is 0. The van der Waals surface area contributed by atoms with Crippen LogP contribution in [0.4, 0.5) is 0 Å². The number of rotatable bonds is 6. The van der Waals surface area contributed by atoms with Crippen LogP contribution in [0.1, 0.15) is 19.3 Å². The van der Waals surface area contributed by atoms with E-state index in [2.05, 4.69) is 0 Å². The van der Waals surface area contributed by atoms with Crippen LogP contribution >= 0.6 is 0 Å². The van der Waals surface area contributed by atoms with Gasteiger partial charge in [-0.25, -0.2) is 0 Å². The maximum absolute atomic E-state index is 12.4. The fourth-order valence-corrected chi connectivity index (χ4v) is 2.23. The molecule has 120 valence electrons. The fraction of sp³-hybridized carbons (Fsp3) is 0.444. The summed E-state index contributed by atoms with van der Waals surface area (Å²) in [6.07, 6.45) is 14.7. The van der Waals surface area contributed by atoms with Gasteiger partial charge in [0.25, 0.3) is 0 Å². The van der Waals surface area contributed by atoms with Gasteiger partial charge in [-0.3, -0.25) is 9.59 Å². The SMILES string of the molecule is CN(C)C=CC=CC(=O)C1CCCC(=CC=CN(C)C)C1=O. The molecule has 0 saturated heterocycles. The second-order valence-corrected chi connectivity index (χ2v) is 5.87. The third-order valence-corrected chi connectivity index (χ3v) is 3.35. The maximum atomic E-state index is 12.4. The normalized spacial score (nSPS) is 21.4. The van der Waals surface area contributed by atoms with Gasteiger partial charge in [0.1, 0.15) is 0 Å². The second-order valence-electron chi connectivity index (χ2n) is 5.87. The Hall–Kier alpha value is -2.10. The van der Waals surface area contributed by atoms with E-state index in [1.807, 2.05) is 62.5 Å². The highest BCUT2D eigenvalue weighted by Gasteiger charge is 2.30. The molecule has 0 aromatic carbocycles. The van der Waals surface area contributed by atoms with Crippen LogP contribution in [0.2, 0.25) is 0 Å². The topological polar surface area (TPSA) is 40.6 Å². The Bertz CT molecular complexity index is 511. The van der Waals surface area contributed by atoms with Crippen molar-refractivity contribution in [2.75, 3.05) is 28.2 Å². The molecule has 0 amide bonds. The van der Waals surface area contributed by atoms with Crippen molar-refractivity contribution in [3.8, 4) is 0 Å². The first kappa shape index (κ1) is 18.0. The average Bonchev–Trinajstić information content (AvgIpc) is 2.44. The lowest BCUT2D eigenvalue weighted by Crippen LogP contribution is -2.27. The highest BCUT2D eigenvalue weighted by atomic mass is 16.1. The van der Waals surface area contributed by atoms with Gasteiger partial charge in [-0.1, -0.05) is 12.2 Å². The van der Waals surface area contributed by atoms with Crippen LogP contribution in [0.25, 0.3) is 0 Å². The lowest BCUT2D eigenvalue weighted by Gasteiger charge is -2.20. The quantitative estimate of drug-likeness (QED) is 0.429. The van der Waals surface area contributed by atoms with Crippen LogP contribution in [0, 0.1) is 5.92 Å². The lowest BCUT2D eigenvalue weighted by atomic mass is 9.81. The highest BCUT2D eigenvalue weighted by Crippen LogP contribution is 2.26. The van der Waals surface area contributed by atoms with Crippen molar-refractivity contribution in [3.63, 3.8) is 0 Å². The first-order valence-electron chi connectivity index (χ1n) is 7.55. The zero-order valence-electron chi connectivity index (χ0n) is 14.0. The molecule has 1 aliphatic rings. The zero-order chi connectivity index (χ0) is 16.5. The molecule has 0 N–H and O–H groups in total. The third kappa shape index (κ3) is 6.12. The maximum Gasteiger partial charge on any atom is 0.169 e. The van der Waals surface area contributed by atoms with Crippen LogP contribution in [0.15, 0.2) is 48.4 Å². The Morgan fingerprint density at radius 3 is 2.32 bits per heavy atom. The molecule has 0 spiro atoms. The summed E-state index contributed by atoms with van der Waals surface area (Å²) in [5.74, 6) is -0.645. The van der Waals surface area contributed by atoms with Gasteiger partial charge in [0, 0.05) is 28.2 Å². The molecule has 4 nitrogen and oxygen atoms in total. The molecule has 0 heterocycles. The number of allylic oxidation sites excluding steroid dienone is 6. The van der Waals surface area contributed by atoms with Gasteiger partial charge in [-0.2, -0.15) is 0 Å². The standard InChI is InChI=1S/C18H26N2O2/c1-19(2)13-6-5-12-17(21)16-11-7-9-15(18(16)22)10-8-14-20(3)4/h5-6,8,10,12-14,16H,7,9,11H2,1-4H3. The summed E-state index contributed by atoms with van der Waals surface area (Å²) in [4.78, 5) is 28.4. The minimum Gasteiger partial charge on any atom is -0.383 e. The molecular formula is C18H26N2O2. The summed E-state index contributed by atoms with van der Waals surface area (Å²) < 4.78 is 0. The largest absolute Gasteiger partial charge is 0.383 e. The molecule has 1 rings (SSSR count). The van der Waals surface area contributed by atoms with Crippen molar-refractivity contribution < 1.29 is 9.59 Å². The first-order valence-corrected chi connectivity index (χ1v) is 7.55. The summed E-state index contributed by atoms with van der Waals surface area (Å²) in [6.45, 7) is 0. The Labute approximate surface area is 133 Å². The molecule has 1 fully saturated rings. The molecule has 0 aromatic rings. The van der Waals surface area contributed by atoms with Gasteiger partial charge < -0.3 is 9.80 Å². The number of hydrogen-bond acceptors (Lipinski definition) is 4. The summed E-state index contributed by atoms with van der Waals surface area (Å²) in [7, 11) is 7.68. The fourth-order valence-electron chi connectivity index (χ4n) is 2.23. The van der Waals surface area contributed by atoms with E-state index in [9.17, 15) is 9.59 Å². The summed E-state index contributed by atoms with van der Waals surface area (Å²) in [5, 5.41) is 0. The second kappa shape index (κ2) is 9.03. The van der Waals surface area contributed by atoms with Gasteiger partial charge in [-0.15, -0.1) is 0 Å². The smallest absolute Gasteiger partial charge is 0.169 e. The molecule has 1 atom stereocenters. The summed E-state index contributed by atoms with van der Waals surface area (Å²) in [6, 6.07) is 0. The van der Waals surface area contributed by atoms with Gasteiger partial charge in [-0.05, 0) is 55.5 Å². The van der Waals surface area contributed by atoms with Gasteiger partial charge in [0.15, 0.2) is 11.6 Å². The van der Waals surface area contributed by atoms with Crippen molar-refractivity contribution in [2.24, 2.45) is 5.92 Å². The van der Waals surface area contributed by atoms with E-state index in [0.29, 0.717) is 6.42 Å².